The first-order valence-electron chi connectivity index (χ1n) is 2.89. The van der Waals surface area contributed by atoms with Crippen LogP contribution in [0.4, 0.5) is 8.78 Å². The fourth-order valence-electron chi connectivity index (χ4n) is 0.749. The van der Waals surface area contributed by atoms with Gasteiger partial charge < -0.3 is 0 Å². The SMILES string of the molecule is Cc1cc(F)c(F)c(SI)c1. The molecule has 0 unspecified atom stereocenters. The Morgan fingerprint density at radius 2 is 2.00 bits per heavy atom. The van der Waals surface area contributed by atoms with Crippen molar-refractivity contribution < 1.29 is 8.78 Å². The molecule has 0 radical (unpaired) electrons. The molecule has 0 saturated carbocycles. The first kappa shape index (κ1) is 9.25. The third kappa shape index (κ3) is 2.05. The summed E-state index contributed by atoms with van der Waals surface area (Å²) in [7, 11) is 1.18. The molecule has 0 aliphatic heterocycles. The molecule has 0 atom stereocenters. The zero-order chi connectivity index (χ0) is 8.43. The highest BCUT2D eigenvalue weighted by atomic mass is 127. The number of aryl methyl sites for hydroxylation is 1. The third-order valence-electron chi connectivity index (χ3n) is 1.22. The van der Waals surface area contributed by atoms with E-state index < -0.39 is 11.6 Å². The summed E-state index contributed by atoms with van der Waals surface area (Å²) < 4.78 is 25.4. The molecule has 1 aromatic rings. The van der Waals surface area contributed by atoms with Crippen LogP contribution < -0.4 is 0 Å². The normalized spacial score (nSPS) is 10.2. The topological polar surface area (TPSA) is 0 Å². The van der Waals surface area contributed by atoms with Crippen LogP contribution in [0.15, 0.2) is 17.0 Å². The molecule has 0 N–H and O–H groups in total. The minimum atomic E-state index is -0.774. The van der Waals surface area contributed by atoms with Crippen LogP contribution in [0.2, 0.25) is 0 Å². The largest absolute Gasteiger partial charge is 0.204 e. The standard InChI is InChI=1S/C7H5F2IS/c1-4-2-5(8)7(9)6(3-4)11-10/h2-3H,1H3. The summed E-state index contributed by atoms with van der Waals surface area (Å²) in [5, 5.41) is 0. The molecular weight excluding hydrogens is 281 g/mol. The van der Waals surface area contributed by atoms with E-state index in [9.17, 15) is 8.78 Å². The fourth-order valence-corrected chi connectivity index (χ4v) is 2.11. The third-order valence-corrected chi connectivity index (χ3v) is 3.11. The lowest BCUT2D eigenvalue weighted by molar-refractivity contribution is 0.491. The van der Waals surface area contributed by atoms with E-state index in [0.717, 1.165) is 5.56 Å². The average molecular weight is 286 g/mol. The molecule has 1 rings (SSSR count). The molecule has 0 saturated heterocycles. The number of halogens is 3. The lowest BCUT2D eigenvalue weighted by Crippen LogP contribution is -1.87. The molecule has 0 heterocycles. The van der Waals surface area contributed by atoms with Crippen molar-refractivity contribution in [3.63, 3.8) is 0 Å². The minimum absolute atomic E-state index is 0.350. The summed E-state index contributed by atoms with van der Waals surface area (Å²) >= 11 is 1.92. The van der Waals surface area contributed by atoms with Gasteiger partial charge in [-0.3, -0.25) is 0 Å². The van der Waals surface area contributed by atoms with Crippen molar-refractivity contribution in [1.29, 1.82) is 0 Å². The maximum Gasteiger partial charge on any atom is 0.173 e. The lowest BCUT2D eigenvalue weighted by Gasteiger charge is -2.00. The van der Waals surface area contributed by atoms with Gasteiger partial charge in [-0.15, -0.1) is 0 Å². The van der Waals surface area contributed by atoms with E-state index in [-0.39, 0.29) is 0 Å². The molecule has 0 fully saturated rings. The first-order chi connectivity index (χ1) is 5.15. The van der Waals surface area contributed by atoms with Gasteiger partial charge in [0.1, 0.15) is 0 Å². The van der Waals surface area contributed by atoms with Gasteiger partial charge in [0, 0.05) is 21.2 Å². The van der Waals surface area contributed by atoms with Crippen LogP contribution in [0.25, 0.3) is 0 Å². The van der Waals surface area contributed by atoms with E-state index in [1.54, 1.807) is 13.0 Å². The Bertz CT molecular complexity index is 275. The molecule has 0 amide bonds. The van der Waals surface area contributed by atoms with Gasteiger partial charge in [-0.2, -0.15) is 0 Å². The maximum atomic E-state index is 12.8. The van der Waals surface area contributed by atoms with Crippen molar-refractivity contribution in [3.8, 4) is 0 Å². The van der Waals surface area contributed by atoms with Gasteiger partial charge in [0.25, 0.3) is 0 Å². The van der Waals surface area contributed by atoms with Gasteiger partial charge in [0.15, 0.2) is 11.6 Å². The zero-order valence-corrected chi connectivity index (χ0v) is 8.67. The van der Waals surface area contributed by atoms with E-state index >= 15 is 0 Å². The van der Waals surface area contributed by atoms with Crippen LogP contribution >= 0.6 is 30.1 Å². The van der Waals surface area contributed by atoms with Crippen LogP contribution in [0, 0.1) is 18.6 Å². The molecule has 0 aromatic heterocycles. The van der Waals surface area contributed by atoms with Gasteiger partial charge in [0.2, 0.25) is 0 Å². The molecule has 0 bridgehead atoms. The predicted molar refractivity (Wildman–Crippen MR) is 51.0 cm³/mol. The average Bonchev–Trinajstić information content (AvgIpc) is 1.96. The first-order valence-corrected chi connectivity index (χ1v) is 6.25. The predicted octanol–water partition coefficient (Wildman–Crippen LogP) is 3.72. The zero-order valence-electron chi connectivity index (χ0n) is 5.70. The van der Waals surface area contributed by atoms with Crippen LogP contribution in [0.3, 0.4) is 0 Å². The van der Waals surface area contributed by atoms with Crippen molar-refractivity contribution in [2.24, 2.45) is 0 Å². The van der Waals surface area contributed by atoms with Gasteiger partial charge >= 0.3 is 0 Å². The lowest BCUT2D eigenvalue weighted by atomic mass is 10.2. The molecule has 0 aliphatic carbocycles. The van der Waals surface area contributed by atoms with Crippen LogP contribution in [-0.2, 0) is 0 Å². The summed E-state index contributed by atoms with van der Waals surface area (Å²) in [5.41, 5.74) is 0.739. The van der Waals surface area contributed by atoms with Crippen LogP contribution in [0.5, 0.6) is 0 Å². The Labute approximate surface area is 80.0 Å². The number of rotatable bonds is 1. The second-order valence-corrected chi connectivity index (χ2v) is 4.05. The van der Waals surface area contributed by atoms with Gasteiger partial charge in [-0.1, -0.05) is 0 Å². The highest BCUT2D eigenvalue weighted by Gasteiger charge is 2.07. The van der Waals surface area contributed by atoms with E-state index in [1.165, 1.54) is 15.0 Å². The van der Waals surface area contributed by atoms with Crippen LogP contribution in [-0.4, -0.2) is 0 Å². The summed E-state index contributed by atoms with van der Waals surface area (Å²) in [6.45, 7) is 1.74. The maximum absolute atomic E-state index is 12.8. The Morgan fingerprint density at radius 1 is 1.36 bits per heavy atom. The van der Waals surface area contributed by atoms with Crippen molar-refractivity contribution in [1.82, 2.24) is 0 Å². The molecular formula is C7H5F2IS. The highest BCUT2D eigenvalue weighted by molar-refractivity contribution is 14.2. The van der Waals surface area contributed by atoms with Gasteiger partial charge in [0.05, 0.1) is 4.90 Å². The molecule has 0 nitrogen and oxygen atoms in total. The van der Waals surface area contributed by atoms with Crippen molar-refractivity contribution >= 4 is 30.1 Å². The van der Waals surface area contributed by atoms with E-state index in [1.807, 2.05) is 21.2 Å². The van der Waals surface area contributed by atoms with E-state index in [4.69, 9.17) is 0 Å². The Kier molecular flexibility index (Phi) is 3.12. The van der Waals surface area contributed by atoms with E-state index in [2.05, 4.69) is 0 Å². The fraction of sp³-hybridized carbons (Fsp3) is 0.143. The Morgan fingerprint density at radius 3 is 2.55 bits per heavy atom. The number of hydrogen-bond acceptors (Lipinski definition) is 1. The molecule has 1 aromatic carbocycles. The molecule has 11 heavy (non-hydrogen) atoms. The smallest absolute Gasteiger partial charge is 0.173 e. The quantitative estimate of drug-likeness (QED) is 0.709. The van der Waals surface area contributed by atoms with Crippen molar-refractivity contribution in [2.75, 3.05) is 0 Å². The number of benzene rings is 1. The molecule has 60 valence electrons. The second-order valence-electron chi connectivity index (χ2n) is 2.14. The molecule has 0 spiro atoms. The summed E-state index contributed by atoms with van der Waals surface area (Å²) in [4.78, 5) is 0.350. The van der Waals surface area contributed by atoms with Gasteiger partial charge in [-0.05, 0) is 33.6 Å². The highest BCUT2D eigenvalue weighted by Crippen LogP contribution is 2.29. The minimum Gasteiger partial charge on any atom is -0.204 e. The van der Waals surface area contributed by atoms with Crippen LogP contribution in [0.1, 0.15) is 5.56 Å². The summed E-state index contributed by atoms with van der Waals surface area (Å²) in [6, 6.07) is 2.81. The summed E-state index contributed by atoms with van der Waals surface area (Å²) in [5.74, 6) is -1.53. The Balaban J connectivity index is 3.24. The molecule has 0 aliphatic rings. The van der Waals surface area contributed by atoms with Crippen molar-refractivity contribution in [3.05, 3.63) is 29.3 Å². The monoisotopic (exact) mass is 286 g/mol. The van der Waals surface area contributed by atoms with Gasteiger partial charge in [-0.25, -0.2) is 8.78 Å². The second kappa shape index (κ2) is 3.71. The molecule has 4 heteroatoms. The van der Waals surface area contributed by atoms with Crippen molar-refractivity contribution in [2.45, 2.75) is 11.8 Å². The number of hydrogen-bond donors (Lipinski definition) is 0. The summed E-state index contributed by atoms with van der Waals surface area (Å²) in [6.07, 6.45) is 0. The Hall–Kier alpha value is 0.160. The van der Waals surface area contributed by atoms with E-state index in [0.29, 0.717) is 4.90 Å².